The van der Waals surface area contributed by atoms with E-state index in [1.807, 2.05) is 0 Å². The smallest absolute Gasteiger partial charge is 0.420 e. The molecule has 0 N–H and O–H groups in total. The number of nitrogens with zero attached hydrogens (tertiary/aromatic N) is 4. The van der Waals surface area contributed by atoms with E-state index in [0.29, 0.717) is 29.8 Å². The van der Waals surface area contributed by atoms with Crippen LogP contribution in [-0.4, -0.2) is 57.4 Å². The summed E-state index contributed by atoms with van der Waals surface area (Å²) in [6.07, 6.45) is 3.33. The van der Waals surface area contributed by atoms with Crippen molar-refractivity contribution in [1.82, 2.24) is 14.9 Å². The molecule has 1 aromatic rings. The van der Waals surface area contributed by atoms with Crippen LogP contribution >= 0.6 is 11.6 Å². The van der Waals surface area contributed by atoms with Crippen LogP contribution in [0.2, 0.25) is 5.15 Å². The molecule has 1 saturated heterocycles. The van der Waals surface area contributed by atoms with Crippen molar-refractivity contribution in [1.29, 1.82) is 0 Å². The third-order valence-electron chi connectivity index (χ3n) is 5.20. The van der Waals surface area contributed by atoms with Crippen LogP contribution in [0.15, 0.2) is 12.4 Å². The Balaban J connectivity index is 1.71. The van der Waals surface area contributed by atoms with Crippen LogP contribution in [-0.2, 0) is 9.47 Å². The quantitative estimate of drug-likeness (QED) is 0.671. The Morgan fingerprint density at radius 2 is 1.47 bits per heavy atom. The summed E-state index contributed by atoms with van der Waals surface area (Å²) in [5.74, 6) is 1.49. The van der Waals surface area contributed by atoms with Crippen LogP contribution < -0.4 is 4.90 Å². The van der Waals surface area contributed by atoms with Crippen molar-refractivity contribution >= 4 is 29.6 Å². The fourth-order valence-electron chi connectivity index (χ4n) is 4.13. The molecular weight excluding hydrogens is 408 g/mol. The number of carbonyl (C=O) groups excluding carboxylic acids is 2. The van der Waals surface area contributed by atoms with Gasteiger partial charge in [-0.15, -0.1) is 0 Å². The zero-order valence-corrected chi connectivity index (χ0v) is 19.3. The predicted octanol–water partition coefficient (Wildman–Crippen LogP) is 4.52. The predicted molar refractivity (Wildman–Crippen MR) is 114 cm³/mol. The number of hydrogen-bond donors (Lipinski definition) is 0. The Morgan fingerprint density at radius 1 is 0.967 bits per heavy atom. The number of aromatic nitrogens is 2. The van der Waals surface area contributed by atoms with Gasteiger partial charge in [0.2, 0.25) is 0 Å². The monoisotopic (exact) mass is 438 g/mol. The van der Waals surface area contributed by atoms with Crippen molar-refractivity contribution in [2.75, 3.05) is 18.0 Å². The average Bonchev–Trinajstić information content (AvgIpc) is 3.11. The molecule has 3 rings (SSSR count). The molecule has 0 spiro atoms. The van der Waals surface area contributed by atoms with E-state index < -0.39 is 23.4 Å². The van der Waals surface area contributed by atoms with Gasteiger partial charge in [0.05, 0.1) is 12.4 Å². The van der Waals surface area contributed by atoms with Gasteiger partial charge in [-0.3, -0.25) is 0 Å². The molecule has 2 amide bonds. The molecule has 166 valence electrons. The molecule has 0 unspecified atom stereocenters. The number of halogens is 1. The standard InChI is InChI=1S/C21H31ClN4O4/c1-20(2,3)29-18(27)26(19(28)30-21(4,5)6)15-7-13-11-25(12-14(13)8-15)17-10-23-16(22)9-24-17/h9-10,13-15H,7-8,11-12H2,1-6H3/t13-,14+,15+. The molecule has 0 aromatic carbocycles. The van der Waals surface area contributed by atoms with Crippen LogP contribution in [0.1, 0.15) is 54.4 Å². The van der Waals surface area contributed by atoms with Crippen LogP contribution in [0.5, 0.6) is 0 Å². The molecule has 8 nitrogen and oxygen atoms in total. The molecule has 1 aliphatic carbocycles. The number of fused-ring (bicyclic) bond motifs is 1. The van der Waals surface area contributed by atoms with E-state index in [0.717, 1.165) is 18.9 Å². The summed E-state index contributed by atoms with van der Waals surface area (Å²) >= 11 is 5.83. The lowest BCUT2D eigenvalue weighted by molar-refractivity contribution is -0.00730. The first-order valence-electron chi connectivity index (χ1n) is 10.3. The van der Waals surface area contributed by atoms with Crippen molar-refractivity contribution in [3.63, 3.8) is 0 Å². The maximum absolute atomic E-state index is 12.9. The molecule has 1 aromatic heterocycles. The number of carbonyl (C=O) groups is 2. The number of rotatable bonds is 2. The average molecular weight is 439 g/mol. The lowest BCUT2D eigenvalue weighted by Gasteiger charge is -2.32. The van der Waals surface area contributed by atoms with E-state index in [4.69, 9.17) is 21.1 Å². The third-order valence-corrected chi connectivity index (χ3v) is 5.40. The maximum Gasteiger partial charge on any atom is 0.420 e. The summed E-state index contributed by atoms with van der Waals surface area (Å²) in [5, 5.41) is 0.364. The van der Waals surface area contributed by atoms with Gasteiger partial charge in [0.15, 0.2) is 0 Å². The largest absolute Gasteiger partial charge is 0.443 e. The summed E-state index contributed by atoms with van der Waals surface area (Å²) in [7, 11) is 0. The molecule has 9 heteroatoms. The number of imide groups is 1. The summed E-state index contributed by atoms with van der Waals surface area (Å²) in [6, 6.07) is -0.247. The molecule has 0 bridgehead atoms. The molecule has 2 aliphatic rings. The summed E-state index contributed by atoms with van der Waals surface area (Å²) in [6.45, 7) is 12.3. The first kappa shape index (κ1) is 22.6. The minimum atomic E-state index is -0.699. The normalized spacial score (nSPS) is 23.8. The van der Waals surface area contributed by atoms with E-state index in [-0.39, 0.29) is 6.04 Å². The Bertz CT molecular complexity index is 746. The second kappa shape index (κ2) is 8.21. The van der Waals surface area contributed by atoms with Gasteiger partial charge in [0.1, 0.15) is 22.2 Å². The van der Waals surface area contributed by atoms with Gasteiger partial charge in [0.25, 0.3) is 0 Å². The second-order valence-electron chi connectivity index (χ2n) is 10.1. The lowest BCUT2D eigenvalue weighted by atomic mass is 10.0. The highest BCUT2D eigenvalue weighted by atomic mass is 35.5. The van der Waals surface area contributed by atoms with Crippen molar-refractivity contribution < 1.29 is 19.1 Å². The molecule has 2 fully saturated rings. The Labute approximate surface area is 182 Å². The molecule has 1 saturated carbocycles. The van der Waals surface area contributed by atoms with Gasteiger partial charge in [-0.1, -0.05) is 11.6 Å². The van der Waals surface area contributed by atoms with Crippen molar-refractivity contribution in [2.24, 2.45) is 11.8 Å². The van der Waals surface area contributed by atoms with Gasteiger partial charge in [-0.2, -0.15) is 0 Å². The van der Waals surface area contributed by atoms with Gasteiger partial charge in [-0.25, -0.2) is 24.5 Å². The van der Waals surface area contributed by atoms with Crippen molar-refractivity contribution in [2.45, 2.75) is 71.6 Å². The number of amides is 2. The fourth-order valence-corrected chi connectivity index (χ4v) is 4.23. The fraction of sp³-hybridized carbons (Fsp3) is 0.714. The highest BCUT2D eigenvalue weighted by Gasteiger charge is 2.47. The Kier molecular flexibility index (Phi) is 6.18. The number of hydrogen-bond acceptors (Lipinski definition) is 7. The van der Waals surface area contributed by atoms with Crippen LogP contribution in [0.25, 0.3) is 0 Å². The van der Waals surface area contributed by atoms with Crippen molar-refractivity contribution in [3.05, 3.63) is 17.5 Å². The topological polar surface area (TPSA) is 84.9 Å². The number of anilines is 1. The summed E-state index contributed by atoms with van der Waals surface area (Å²) in [5.41, 5.74) is -1.40. The number of ether oxygens (including phenoxy) is 2. The Morgan fingerprint density at radius 3 is 1.87 bits per heavy atom. The minimum absolute atomic E-state index is 0.247. The minimum Gasteiger partial charge on any atom is -0.443 e. The molecule has 30 heavy (non-hydrogen) atoms. The van der Waals surface area contributed by atoms with Crippen LogP contribution in [0.4, 0.5) is 15.4 Å². The third kappa shape index (κ3) is 5.53. The first-order valence-corrected chi connectivity index (χ1v) is 10.7. The van der Waals surface area contributed by atoms with Crippen LogP contribution in [0.3, 0.4) is 0 Å². The zero-order chi connectivity index (χ0) is 22.3. The van der Waals surface area contributed by atoms with E-state index in [1.165, 1.54) is 4.90 Å². The van der Waals surface area contributed by atoms with E-state index in [2.05, 4.69) is 14.9 Å². The molecule has 1 aliphatic heterocycles. The Hall–Kier alpha value is -2.09. The van der Waals surface area contributed by atoms with Crippen LogP contribution in [0, 0.1) is 11.8 Å². The zero-order valence-electron chi connectivity index (χ0n) is 18.5. The second-order valence-corrected chi connectivity index (χ2v) is 10.5. The van der Waals surface area contributed by atoms with E-state index in [1.54, 1.807) is 53.9 Å². The molecule has 3 atom stereocenters. The van der Waals surface area contributed by atoms with E-state index in [9.17, 15) is 9.59 Å². The molecule has 0 radical (unpaired) electrons. The van der Waals surface area contributed by atoms with Gasteiger partial charge < -0.3 is 14.4 Å². The molecular formula is C21H31ClN4O4. The van der Waals surface area contributed by atoms with E-state index >= 15 is 0 Å². The highest BCUT2D eigenvalue weighted by Crippen LogP contribution is 2.42. The summed E-state index contributed by atoms with van der Waals surface area (Å²) < 4.78 is 11.0. The highest BCUT2D eigenvalue weighted by molar-refractivity contribution is 6.29. The van der Waals surface area contributed by atoms with Gasteiger partial charge in [0, 0.05) is 19.1 Å². The first-order chi connectivity index (χ1) is 13.8. The SMILES string of the molecule is CC(C)(C)OC(=O)N(C(=O)OC(C)(C)C)[C@H]1C[C@@H]2CN(c3cnc(Cl)cn3)C[C@@H]2C1. The van der Waals surface area contributed by atoms with Gasteiger partial charge in [-0.05, 0) is 66.2 Å². The molecule has 2 heterocycles. The lowest BCUT2D eigenvalue weighted by Crippen LogP contribution is -2.48. The maximum atomic E-state index is 12.9. The van der Waals surface area contributed by atoms with Crippen molar-refractivity contribution in [3.8, 4) is 0 Å². The summed E-state index contributed by atoms with van der Waals surface area (Å²) in [4.78, 5) is 37.6. The van der Waals surface area contributed by atoms with Gasteiger partial charge >= 0.3 is 12.2 Å².